The molecular formula is C33H42N4O7S. The number of ether oxygens (including phenoxy) is 2. The van der Waals surface area contributed by atoms with Crippen LogP contribution in [-0.4, -0.2) is 72.6 Å². The van der Waals surface area contributed by atoms with Crippen LogP contribution in [-0.2, 0) is 24.4 Å². The summed E-state index contributed by atoms with van der Waals surface area (Å²) in [6, 6.07) is 6.54. The number of benzene rings is 1. The van der Waals surface area contributed by atoms with E-state index >= 15 is 0 Å². The molecule has 3 fully saturated rings. The molecule has 3 amide bonds. The van der Waals surface area contributed by atoms with E-state index in [4.69, 9.17) is 9.47 Å². The van der Waals surface area contributed by atoms with Crippen LogP contribution < -0.4 is 19.5 Å². The van der Waals surface area contributed by atoms with Gasteiger partial charge >= 0.3 is 0 Å². The molecule has 1 aromatic carbocycles. The number of sulfonamides is 1. The molecule has 1 aromatic heterocycles. The Balaban J connectivity index is 1.27. The van der Waals surface area contributed by atoms with Gasteiger partial charge in [-0.1, -0.05) is 38.8 Å². The first-order valence-corrected chi connectivity index (χ1v) is 17.5. The van der Waals surface area contributed by atoms with Crippen LogP contribution in [0, 0.1) is 17.8 Å². The molecule has 3 heterocycles. The van der Waals surface area contributed by atoms with E-state index in [1.807, 2.05) is 30.3 Å². The Bertz CT molecular complexity index is 1620. The van der Waals surface area contributed by atoms with E-state index in [-0.39, 0.29) is 43.0 Å². The number of carbonyl (C=O) groups is 3. The summed E-state index contributed by atoms with van der Waals surface area (Å²) in [5.74, 6) is -0.229. The van der Waals surface area contributed by atoms with Gasteiger partial charge in [0.15, 0.2) is 0 Å². The molecule has 45 heavy (non-hydrogen) atoms. The lowest BCUT2D eigenvalue weighted by atomic mass is 9.95. The van der Waals surface area contributed by atoms with Crippen molar-refractivity contribution in [2.75, 3.05) is 13.7 Å². The van der Waals surface area contributed by atoms with E-state index in [0.29, 0.717) is 30.9 Å². The lowest BCUT2D eigenvalue weighted by molar-refractivity contribution is -0.140. The van der Waals surface area contributed by atoms with Gasteiger partial charge < -0.3 is 19.7 Å². The van der Waals surface area contributed by atoms with Crippen LogP contribution in [0.5, 0.6) is 11.6 Å². The second-order valence-electron chi connectivity index (χ2n) is 13.3. The molecule has 2 N–H and O–H groups in total. The van der Waals surface area contributed by atoms with Crippen LogP contribution in [0.1, 0.15) is 65.2 Å². The van der Waals surface area contributed by atoms with Crippen molar-refractivity contribution in [3.63, 3.8) is 0 Å². The second-order valence-corrected chi connectivity index (χ2v) is 15.3. The molecule has 6 rings (SSSR count). The van der Waals surface area contributed by atoms with Crippen LogP contribution in [0.25, 0.3) is 10.8 Å². The molecule has 0 radical (unpaired) electrons. The fourth-order valence-electron chi connectivity index (χ4n) is 6.61. The number of nitrogens with zero attached hydrogens (tertiary/aromatic N) is 2. The Kier molecular flexibility index (Phi) is 8.53. The van der Waals surface area contributed by atoms with E-state index < -0.39 is 44.8 Å². The number of allylic oxidation sites excluding steroid dienone is 1. The molecule has 2 saturated carbocycles. The summed E-state index contributed by atoms with van der Waals surface area (Å²) in [6.07, 6.45) is 9.67. The SMILES string of the molecule is COc1ccc2c(O[C@@H]3C[C@H]4C(=O)N[C@]5(C(=O)NS(=O)(=O)C6CC6)C[C@H]5/C=C\[C@H](C)CCC[C@@H](C)CC(=O)N4C3)nccc2c1. The molecule has 2 aromatic rings. The Labute approximate surface area is 264 Å². The topological polar surface area (TPSA) is 144 Å². The number of aromatic nitrogens is 1. The molecule has 11 nitrogen and oxygen atoms in total. The van der Waals surface area contributed by atoms with Gasteiger partial charge in [0.05, 0.1) is 18.9 Å². The summed E-state index contributed by atoms with van der Waals surface area (Å²) in [6.45, 7) is 4.34. The number of fused-ring (bicyclic) bond motifs is 3. The molecule has 1 saturated heterocycles. The van der Waals surface area contributed by atoms with Crippen molar-refractivity contribution >= 4 is 38.5 Å². The maximum Gasteiger partial charge on any atom is 0.259 e. The number of methoxy groups -OCH3 is 1. The average Bonchev–Trinajstić information content (AvgIpc) is 3.92. The van der Waals surface area contributed by atoms with Crippen LogP contribution in [0.15, 0.2) is 42.6 Å². The quantitative estimate of drug-likeness (QED) is 0.458. The summed E-state index contributed by atoms with van der Waals surface area (Å²) in [5.41, 5.74) is -1.40. The summed E-state index contributed by atoms with van der Waals surface area (Å²) >= 11 is 0. The van der Waals surface area contributed by atoms with E-state index in [0.717, 1.165) is 30.0 Å². The number of nitrogens with one attached hydrogen (secondary N) is 2. The molecule has 0 unspecified atom stereocenters. The predicted octanol–water partition coefficient (Wildman–Crippen LogP) is 3.48. The van der Waals surface area contributed by atoms with Crippen molar-refractivity contribution in [3.8, 4) is 11.6 Å². The molecule has 12 heteroatoms. The van der Waals surface area contributed by atoms with Gasteiger partial charge in [0.25, 0.3) is 5.91 Å². The zero-order valence-corrected chi connectivity index (χ0v) is 26.8. The summed E-state index contributed by atoms with van der Waals surface area (Å²) in [4.78, 5) is 47.3. The van der Waals surface area contributed by atoms with Crippen molar-refractivity contribution in [1.82, 2.24) is 19.9 Å². The second kappa shape index (κ2) is 12.3. The van der Waals surface area contributed by atoms with Crippen LogP contribution >= 0.6 is 0 Å². The van der Waals surface area contributed by atoms with Gasteiger partial charge in [-0.05, 0) is 67.2 Å². The lowest BCUT2D eigenvalue weighted by Crippen LogP contribution is -2.56. The third-order valence-corrected chi connectivity index (χ3v) is 11.4. The smallest absolute Gasteiger partial charge is 0.259 e. The normalized spacial score (nSPS) is 31.5. The van der Waals surface area contributed by atoms with E-state index in [1.165, 1.54) is 0 Å². The maximum absolute atomic E-state index is 14.0. The van der Waals surface area contributed by atoms with Crippen molar-refractivity contribution < 1.29 is 32.3 Å². The molecule has 6 atom stereocenters. The summed E-state index contributed by atoms with van der Waals surface area (Å²) in [7, 11) is -2.21. The van der Waals surface area contributed by atoms with Gasteiger partial charge in [-0.2, -0.15) is 0 Å². The molecule has 242 valence electrons. The first-order chi connectivity index (χ1) is 21.5. The number of hydrogen-bond acceptors (Lipinski definition) is 8. The van der Waals surface area contributed by atoms with Gasteiger partial charge in [0.1, 0.15) is 23.4 Å². The van der Waals surface area contributed by atoms with Crippen molar-refractivity contribution in [3.05, 3.63) is 42.6 Å². The number of rotatable bonds is 6. The van der Waals surface area contributed by atoms with Crippen molar-refractivity contribution in [2.24, 2.45) is 17.8 Å². The standard InChI is InChI=1S/C33H42N4O7S/c1-20-5-4-6-21(2)15-29(38)37-19-25(44-31-27-12-9-24(43-3)16-22(27)13-14-34-31)17-28(37)30(39)35-33(18-23(33)8-7-20)32(40)36-45(41,42)26-10-11-26/h7-9,12-14,16,20-21,23,25-26,28H,4-6,10-11,15,17-19H2,1-3H3,(H,35,39)(H,36,40)/b8-7-/t20-,21-,23-,25-,28+,33-/m1/s1. The highest BCUT2D eigenvalue weighted by Crippen LogP contribution is 2.46. The Morgan fingerprint density at radius 3 is 2.67 bits per heavy atom. The van der Waals surface area contributed by atoms with E-state index in [9.17, 15) is 22.8 Å². The first kappa shape index (κ1) is 31.3. The Hall–Kier alpha value is -3.67. The van der Waals surface area contributed by atoms with Crippen LogP contribution in [0.2, 0.25) is 0 Å². The van der Waals surface area contributed by atoms with Crippen molar-refractivity contribution in [1.29, 1.82) is 0 Å². The van der Waals surface area contributed by atoms with Gasteiger partial charge in [-0.15, -0.1) is 0 Å². The third kappa shape index (κ3) is 6.66. The van der Waals surface area contributed by atoms with Gasteiger partial charge in [0.2, 0.25) is 27.7 Å². The molecular weight excluding hydrogens is 596 g/mol. The fourth-order valence-corrected chi connectivity index (χ4v) is 7.97. The highest BCUT2D eigenvalue weighted by molar-refractivity contribution is 7.91. The average molecular weight is 639 g/mol. The summed E-state index contributed by atoms with van der Waals surface area (Å²) < 4.78 is 39.3. The Morgan fingerprint density at radius 1 is 1.11 bits per heavy atom. The summed E-state index contributed by atoms with van der Waals surface area (Å²) in [5, 5.41) is 4.00. The number of pyridine rings is 1. The van der Waals surface area contributed by atoms with E-state index in [2.05, 4.69) is 34.9 Å². The predicted molar refractivity (Wildman–Crippen MR) is 168 cm³/mol. The maximum atomic E-state index is 14.0. The highest BCUT2D eigenvalue weighted by Gasteiger charge is 2.62. The number of hydrogen-bond donors (Lipinski definition) is 2. The lowest BCUT2D eigenvalue weighted by Gasteiger charge is -2.27. The zero-order valence-electron chi connectivity index (χ0n) is 26.0. The molecule has 4 aliphatic rings. The number of amides is 3. The van der Waals surface area contributed by atoms with Crippen LogP contribution in [0.4, 0.5) is 0 Å². The molecule has 2 aliphatic heterocycles. The first-order valence-electron chi connectivity index (χ1n) is 15.9. The van der Waals surface area contributed by atoms with Gasteiger partial charge in [-0.3, -0.25) is 19.1 Å². The minimum absolute atomic E-state index is 0.135. The highest BCUT2D eigenvalue weighted by atomic mass is 32.2. The van der Waals surface area contributed by atoms with Gasteiger partial charge in [0, 0.05) is 30.3 Å². The zero-order chi connectivity index (χ0) is 31.9. The monoisotopic (exact) mass is 638 g/mol. The molecule has 0 spiro atoms. The van der Waals surface area contributed by atoms with Gasteiger partial charge in [-0.25, -0.2) is 13.4 Å². The molecule has 0 bridgehead atoms. The van der Waals surface area contributed by atoms with Crippen LogP contribution in [0.3, 0.4) is 0 Å². The van der Waals surface area contributed by atoms with Crippen molar-refractivity contribution in [2.45, 2.75) is 88.1 Å². The largest absolute Gasteiger partial charge is 0.497 e. The Morgan fingerprint density at radius 2 is 1.91 bits per heavy atom. The molecule has 2 aliphatic carbocycles. The number of carbonyl (C=O) groups excluding carboxylic acids is 3. The minimum Gasteiger partial charge on any atom is -0.497 e. The third-order valence-electron chi connectivity index (χ3n) is 9.61. The van der Waals surface area contributed by atoms with E-state index in [1.54, 1.807) is 18.2 Å². The minimum atomic E-state index is -3.81. The fraction of sp³-hybridized carbons (Fsp3) is 0.576.